The van der Waals surface area contributed by atoms with Gasteiger partial charge in [0.1, 0.15) is 0 Å². The standard InChI is InChI=1S/C17H23N3O2.2C2HF3O2/c1-13-10-19(15-4-8-22-11-15)12-17(13)5-7-20(16(17)21)14-3-2-6-18-9-14;2*3-2(4,5)1(6)7/h2-3,6,9,13,15H,4-5,7-8,10-12H2,1H3;2*(H,6,7)/t13-,15?,17-;;/m1../s1. The van der Waals surface area contributed by atoms with Gasteiger partial charge < -0.3 is 19.8 Å². The van der Waals surface area contributed by atoms with Gasteiger partial charge in [-0.3, -0.25) is 14.7 Å². The molecule has 1 aromatic rings. The number of alkyl halides is 6. The van der Waals surface area contributed by atoms with E-state index >= 15 is 0 Å². The zero-order chi connectivity index (χ0) is 27.3. The Labute approximate surface area is 201 Å². The smallest absolute Gasteiger partial charge is 0.475 e. The number of carbonyl (C=O) groups is 3. The summed E-state index contributed by atoms with van der Waals surface area (Å²) in [6, 6.07) is 4.38. The van der Waals surface area contributed by atoms with Crippen LogP contribution in [0.1, 0.15) is 19.8 Å². The van der Waals surface area contributed by atoms with E-state index < -0.39 is 24.3 Å². The van der Waals surface area contributed by atoms with Crippen molar-refractivity contribution in [3.05, 3.63) is 24.5 Å². The average molecular weight is 529 g/mol. The highest BCUT2D eigenvalue weighted by Crippen LogP contribution is 2.46. The van der Waals surface area contributed by atoms with Crippen LogP contribution in [-0.2, 0) is 19.1 Å². The summed E-state index contributed by atoms with van der Waals surface area (Å²) in [6.07, 6.45) is -4.58. The van der Waals surface area contributed by atoms with Crippen LogP contribution in [0, 0.1) is 11.3 Å². The number of likely N-dealkylation sites (tertiary alicyclic amines) is 1. The number of anilines is 1. The molecular formula is C21H25F6N3O6. The molecule has 0 bridgehead atoms. The maximum atomic E-state index is 13.1. The molecule has 1 spiro atoms. The number of carboxylic acid groups (broad SMARTS) is 2. The van der Waals surface area contributed by atoms with Gasteiger partial charge in [0, 0.05) is 38.5 Å². The lowest BCUT2D eigenvalue weighted by atomic mass is 9.78. The number of carbonyl (C=O) groups excluding carboxylic acids is 1. The number of aliphatic carboxylic acids is 2. The van der Waals surface area contributed by atoms with Gasteiger partial charge in [0.05, 0.1) is 23.9 Å². The fraction of sp³-hybridized carbons (Fsp3) is 0.619. The lowest BCUT2D eigenvalue weighted by Gasteiger charge is -2.27. The molecule has 3 saturated heterocycles. The van der Waals surface area contributed by atoms with Crippen molar-refractivity contribution in [2.75, 3.05) is 37.7 Å². The number of ether oxygens (including phenoxy) is 1. The predicted octanol–water partition coefficient (Wildman–Crippen LogP) is 2.81. The number of hydrogen-bond acceptors (Lipinski definition) is 6. The second-order valence-corrected chi connectivity index (χ2v) is 8.53. The minimum Gasteiger partial charge on any atom is -0.475 e. The van der Waals surface area contributed by atoms with Gasteiger partial charge in [-0.25, -0.2) is 9.59 Å². The molecule has 0 aromatic carbocycles. The van der Waals surface area contributed by atoms with Crippen molar-refractivity contribution in [2.24, 2.45) is 11.3 Å². The van der Waals surface area contributed by atoms with Crippen molar-refractivity contribution in [3.63, 3.8) is 0 Å². The van der Waals surface area contributed by atoms with Gasteiger partial charge in [0.25, 0.3) is 0 Å². The van der Waals surface area contributed by atoms with Crippen LogP contribution >= 0.6 is 0 Å². The third kappa shape index (κ3) is 7.06. The highest BCUT2D eigenvalue weighted by molar-refractivity contribution is 6.00. The molecule has 1 unspecified atom stereocenters. The fourth-order valence-electron chi connectivity index (χ4n) is 4.35. The van der Waals surface area contributed by atoms with Crippen LogP contribution in [0.2, 0.25) is 0 Å². The first-order valence-corrected chi connectivity index (χ1v) is 10.7. The number of pyridine rings is 1. The molecule has 36 heavy (non-hydrogen) atoms. The quantitative estimate of drug-likeness (QED) is 0.562. The molecule has 4 heterocycles. The largest absolute Gasteiger partial charge is 0.490 e. The molecule has 2 N–H and O–H groups in total. The summed E-state index contributed by atoms with van der Waals surface area (Å²) in [4.78, 5) is 39.5. The number of hydrogen-bond donors (Lipinski definition) is 2. The Kier molecular flexibility index (Phi) is 9.29. The average Bonchev–Trinajstić information content (AvgIpc) is 3.50. The first-order valence-electron chi connectivity index (χ1n) is 10.7. The number of amides is 1. The lowest BCUT2D eigenvalue weighted by molar-refractivity contribution is -0.193. The summed E-state index contributed by atoms with van der Waals surface area (Å²) in [5.41, 5.74) is 0.720. The van der Waals surface area contributed by atoms with Crippen LogP contribution in [0.15, 0.2) is 24.5 Å². The third-order valence-electron chi connectivity index (χ3n) is 6.25. The van der Waals surface area contributed by atoms with Gasteiger partial charge in [0.15, 0.2) is 0 Å². The molecule has 202 valence electrons. The van der Waals surface area contributed by atoms with Crippen LogP contribution in [0.4, 0.5) is 32.0 Å². The third-order valence-corrected chi connectivity index (χ3v) is 6.25. The first-order chi connectivity index (χ1) is 16.6. The van der Waals surface area contributed by atoms with Crippen molar-refractivity contribution >= 4 is 23.5 Å². The van der Waals surface area contributed by atoms with Gasteiger partial charge in [-0.05, 0) is 30.9 Å². The van der Waals surface area contributed by atoms with E-state index in [1.807, 2.05) is 17.0 Å². The Morgan fingerprint density at radius 3 is 2.17 bits per heavy atom. The molecule has 15 heteroatoms. The maximum Gasteiger partial charge on any atom is 0.490 e. The zero-order valence-corrected chi connectivity index (χ0v) is 19.1. The molecule has 3 aliphatic rings. The number of nitrogens with zero attached hydrogens (tertiary/aromatic N) is 3. The Morgan fingerprint density at radius 2 is 1.72 bits per heavy atom. The predicted molar refractivity (Wildman–Crippen MR) is 111 cm³/mol. The monoisotopic (exact) mass is 529 g/mol. The number of rotatable bonds is 2. The summed E-state index contributed by atoms with van der Waals surface area (Å²) >= 11 is 0. The topological polar surface area (TPSA) is 120 Å². The fourth-order valence-corrected chi connectivity index (χ4v) is 4.35. The van der Waals surface area contributed by atoms with Crippen LogP contribution in [-0.4, -0.2) is 89.2 Å². The van der Waals surface area contributed by atoms with E-state index in [1.54, 1.807) is 12.4 Å². The normalized spacial score (nSPS) is 26.3. The highest BCUT2D eigenvalue weighted by Gasteiger charge is 2.56. The van der Waals surface area contributed by atoms with Gasteiger partial charge in [-0.1, -0.05) is 6.92 Å². The van der Waals surface area contributed by atoms with E-state index in [1.165, 1.54) is 0 Å². The van der Waals surface area contributed by atoms with Crippen molar-refractivity contribution in [1.82, 2.24) is 9.88 Å². The van der Waals surface area contributed by atoms with Crippen molar-refractivity contribution in [1.29, 1.82) is 0 Å². The molecule has 0 radical (unpaired) electrons. The van der Waals surface area contributed by atoms with E-state index in [4.69, 9.17) is 24.5 Å². The maximum absolute atomic E-state index is 13.1. The molecule has 3 fully saturated rings. The van der Waals surface area contributed by atoms with Crippen LogP contribution in [0.5, 0.6) is 0 Å². The summed E-state index contributed by atoms with van der Waals surface area (Å²) in [7, 11) is 0. The van der Waals surface area contributed by atoms with E-state index in [0.717, 1.165) is 51.4 Å². The Balaban J connectivity index is 0.000000271. The second-order valence-electron chi connectivity index (χ2n) is 8.53. The summed E-state index contributed by atoms with van der Waals surface area (Å²) in [5.74, 6) is -4.82. The molecule has 9 nitrogen and oxygen atoms in total. The van der Waals surface area contributed by atoms with Gasteiger partial charge in [0.2, 0.25) is 5.91 Å². The minimum absolute atomic E-state index is 0.210. The molecule has 0 saturated carbocycles. The first kappa shape index (κ1) is 29.3. The van der Waals surface area contributed by atoms with Crippen LogP contribution in [0.25, 0.3) is 0 Å². The Morgan fingerprint density at radius 1 is 1.14 bits per heavy atom. The summed E-state index contributed by atoms with van der Waals surface area (Å²) in [6.45, 7) is 6.63. The van der Waals surface area contributed by atoms with Gasteiger partial charge in [-0.15, -0.1) is 0 Å². The van der Waals surface area contributed by atoms with E-state index in [0.29, 0.717) is 12.0 Å². The molecular weight excluding hydrogens is 504 g/mol. The SMILES string of the molecule is C[C@@H]1CN(C2CCOC2)C[C@]12CCN(c1cccnc1)C2=O.O=C(O)C(F)(F)F.O=C(O)C(F)(F)F. The van der Waals surface area contributed by atoms with Crippen molar-refractivity contribution in [2.45, 2.75) is 38.2 Å². The van der Waals surface area contributed by atoms with Gasteiger partial charge in [-0.2, -0.15) is 26.3 Å². The molecule has 1 amide bonds. The summed E-state index contributed by atoms with van der Waals surface area (Å²) in [5, 5.41) is 14.2. The molecule has 0 aliphatic carbocycles. The lowest BCUT2D eigenvalue weighted by Crippen LogP contribution is -2.41. The zero-order valence-electron chi connectivity index (χ0n) is 19.1. The second kappa shape index (κ2) is 11.4. The van der Waals surface area contributed by atoms with E-state index in [2.05, 4.69) is 16.8 Å². The summed E-state index contributed by atoms with van der Waals surface area (Å²) < 4.78 is 69.0. The van der Waals surface area contributed by atoms with E-state index in [-0.39, 0.29) is 11.3 Å². The molecule has 4 rings (SSSR count). The van der Waals surface area contributed by atoms with Crippen LogP contribution in [0.3, 0.4) is 0 Å². The molecule has 3 aliphatic heterocycles. The van der Waals surface area contributed by atoms with E-state index in [9.17, 15) is 31.1 Å². The highest BCUT2D eigenvalue weighted by atomic mass is 19.4. The number of carboxylic acids is 2. The number of aromatic nitrogens is 1. The Bertz CT molecular complexity index is 899. The minimum atomic E-state index is -5.08. The molecule has 1 aromatic heterocycles. The van der Waals surface area contributed by atoms with Crippen molar-refractivity contribution in [3.8, 4) is 0 Å². The van der Waals surface area contributed by atoms with Gasteiger partial charge >= 0.3 is 24.3 Å². The van der Waals surface area contributed by atoms with Crippen LogP contribution < -0.4 is 4.90 Å². The van der Waals surface area contributed by atoms with Crippen molar-refractivity contribution < 1.29 is 55.7 Å². The molecule has 3 atom stereocenters. The number of halogens is 6. The Hall–Kier alpha value is -2.94.